The van der Waals surface area contributed by atoms with Crippen molar-refractivity contribution < 1.29 is 28.3 Å². The highest BCUT2D eigenvalue weighted by molar-refractivity contribution is 5.80. The number of hydrogen-bond acceptors (Lipinski definition) is 4. The summed E-state index contributed by atoms with van der Waals surface area (Å²) in [6.45, 7) is 4.16. The summed E-state index contributed by atoms with van der Waals surface area (Å²) in [6.07, 6.45) is -0.955. The van der Waals surface area contributed by atoms with E-state index < -0.39 is 37.4 Å². The normalized spacial score (nSPS) is 16.9. The number of carboxylic acids is 1. The van der Waals surface area contributed by atoms with Gasteiger partial charge in [-0.1, -0.05) is 0 Å². The molecule has 0 saturated carbocycles. The van der Waals surface area contributed by atoms with E-state index in [1.807, 2.05) is 5.32 Å². The van der Waals surface area contributed by atoms with Crippen LogP contribution in [0.5, 0.6) is 0 Å². The minimum atomic E-state index is -2.72. The Kier molecular flexibility index (Phi) is 3.32. The number of carbonyl (C=O) groups excluding carboxylic acids is 1. The zero-order valence-electron chi connectivity index (χ0n) is 11.9. The van der Waals surface area contributed by atoms with Gasteiger partial charge in [0.25, 0.3) is 0 Å². The molecule has 0 aromatic rings. The number of hydrogen-bond donors (Lipinski definition) is 2. The molecule has 1 amide bonds. The first kappa shape index (κ1) is 8.96. The van der Waals surface area contributed by atoms with Gasteiger partial charge in [0, 0.05) is 7.04 Å². The Labute approximate surface area is 92.8 Å². The number of carboxylic acid groups (broad SMARTS) is 1. The summed E-state index contributed by atoms with van der Waals surface area (Å²) < 4.78 is 29.5. The lowest BCUT2D eigenvalue weighted by Crippen LogP contribution is -2.45. The van der Waals surface area contributed by atoms with E-state index in [1.54, 1.807) is 20.8 Å². The van der Waals surface area contributed by atoms with Gasteiger partial charge in [-0.05, 0) is 20.8 Å². The first-order valence-electron chi connectivity index (χ1n) is 5.77. The Morgan fingerprint density at radius 1 is 1.53 bits per heavy atom. The van der Waals surface area contributed by atoms with Crippen molar-refractivity contribution in [2.45, 2.75) is 32.4 Å². The van der Waals surface area contributed by atoms with Crippen molar-refractivity contribution >= 4 is 12.1 Å². The highest BCUT2D eigenvalue weighted by Gasteiger charge is 2.23. The molecule has 0 radical (unpaired) electrons. The number of carbonyl (C=O) groups is 2. The Morgan fingerprint density at radius 2 is 2.13 bits per heavy atom. The molecular formula is C9H17NO5. The maximum absolute atomic E-state index is 11.3. The molecule has 0 rings (SSSR count). The maximum atomic E-state index is 11.3. The smallest absolute Gasteiger partial charge is 0.408 e. The fraction of sp³-hybridized carbons (Fsp3) is 0.778. The monoisotopic (exact) mass is 222 g/mol. The fourth-order valence-corrected chi connectivity index (χ4v) is 0.708. The van der Waals surface area contributed by atoms with Crippen LogP contribution in [-0.2, 0) is 14.3 Å². The van der Waals surface area contributed by atoms with Gasteiger partial charge in [-0.2, -0.15) is 0 Å². The third-order valence-electron chi connectivity index (χ3n) is 1.24. The molecule has 6 nitrogen and oxygen atoms in total. The highest BCUT2D eigenvalue weighted by atomic mass is 16.6. The number of ether oxygens (including phenoxy) is 2. The van der Waals surface area contributed by atoms with Crippen LogP contribution in [0.2, 0.25) is 0 Å². The van der Waals surface area contributed by atoms with Gasteiger partial charge >= 0.3 is 12.1 Å². The molecule has 88 valence electrons. The van der Waals surface area contributed by atoms with Crippen molar-refractivity contribution in [1.82, 2.24) is 5.32 Å². The van der Waals surface area contributed by atoms with Crippen molar-refractivity contribution in [1.29, 1.82) is 0 Å². The third-order valence-corrected chi connectivity index (χ3v) is 1.24. The van der Waals surface area contributed by atoms with Crippen LogP contribution in [0.1, 0.15) is 24.9 Å². The SMILES string of the molecule is [2H]C([2H])([2H])OC[C@@H](NC(=O)OC(C)(C)C)C(=O)O. The number of rotatable bonds is 4. The van der Waals surface area contributed by atoms with Gasteiger partial charge in [0.1, 0.15) is 5.60 Å². The van der Waals surface area contributed by atoms with E-state index in [2.05, 4.69) is 4.74 Å². The molecule has 2 N–H and O–H groups in total. The van der Waals surface area contributed by atoms with E-state index in [0.29, 0.717) is 0 Å². The lowest BCUT2D eigenvalue weighted by molar-refractivity contribution is -0.140. The van der Waals surface area contributed by atoms with Crippen LogP contribution in [-0.4, -0.2) is 42.5 Å². The quantitative estimate of drug-likeness (QED) is 0.728. The van der Waals surface area contributed by atoms with Gasteiger partial charge in [-0.3, -0.25) is 0 Å². The summed E-state index contributed by atoms with van der Waals surface area (Å²) in [6, 6.07) is -1.49. The number of alkyl carbamates (subject to hydrolysis) is 1. The van der Waals surface area contributed by atoms with Crippen LogP contribution >= 0.6 is 0 Å². The lowest BCUT2D eigenvalue weighted by Gasteiger charge is -2.21. The minimum absolute atomic E-state index is 0.676. The van der Waals surface area contributed by atoms with Crippen LogP contribution in [0, 0.1) is 0 Å². The summed E-state index contributed by atoms with van der Waals surface area (Å²) in [5, 5.41) is 10.8. The number of nitrogens with one attached hydrogen (secondary N) is 1. The van der Waals surface area contributed by atoms with Crippen LogP contribution < -0.4 is 5.32 Å². The first-order chi connectivity index (χ1) is 7.91. The van der Waals surface area contributed by atoms with E-state index in [1.165, 1.54) is 0 Å². The second-order valence-electron chi connectivity index (χ2n) is 3.85. The molecule has 0 heterocycles. The number of methoxy groups -OCH3 is 1. The van der Waals surface area contributed by atoms with Crippen molar-refractivity contribution in [3.63, 3.8) is 0 Å². The summed E-state index contributed by atoms with van der Waals surface area (Å²) in [4.78, 5) is 22.1. The van der Waals surface area contributed by atoms with E-state index in [9.17, 15) is 9.59 Å². The average Bonchev–Trinajstić information content (AvgIpc) is 2.06. The van der Waals surface area contributed by atoms with Crippen LogP contribution in [0.4, 0.5) is 4.79 Å². The Hall–Kier alpha value is -1.30. The summed E-state index contributed by atoms with van der Waals surface area (Å²) >= 11 is 0. The average molecular weight is 222 g/mol. The van der Waals surface area contributed by atoms with Crippen LogP contribution in [0.3, 0.4) is 0 Å². The van der Waals surface area contributed by atoms with Gasteiger partial charge in [-0.15, -0.1) is 0 Å². The van der Waals surface area contributed by atoms with Crippen molar-refractivity contribution in [2.75, 3.05) is 13.6 Å². The molecule has 0 aliphatic rings. The largest absolute Gasteiger partial charge is 0.480 e. The number of aliphatic carboxylic acids is 1. The third kappa shape index (κ3) is 6.73. The van der Waals surface area contributed by atoms with E-state index in [4.69, 9.17) is 14.0 Å². The standard InChI is InChI=1S/C9H17NO5/c1-9(2,3)15-8(13)10-6(5-14-4)7(11)12/h6H,5H2,1-4H3,(H,10,13)(H,11,12)/t6-/m1/s1/i4D3. The van der Waals surface area contributed by atoms with E-state index in [0.717, 1.165) is 0 Å². The van der Waals surface area contributed by atoms with Gasteiger partial charge in [0.2, 0.25) is 0 Å². The zero-order chi connectivity index (χ0) is 14.6. The predicted molar refractivity (Wildman–Crippen MR) is 52.7 cm³/mol. The molecule has 0 spiro atoms. The second kappa shape index (κ2) is 5.55. The highest BCUT2D eigenvalue weighted by Crippen LogP contribution is 2.06. The van der Waals surface area contributed by atoms with Gasteiger partial charge in [0.05, 0.1) is 10.7 Å². The van der Waals surface area contributed by atoms with Crippen molar-refractivity contribution in [3.05, 3.63) is 0 Å². The molecule has 0 unspecified atom stereocenters. The second-order valence-corrected chi connectivity index (χ2v) is 3.85. The van der Waals surface area contributed by atoms with Crippen LogP contribution in [0.15, 0.2) is 0 Å². The maximum Gasteiger partial charge on any atom is 0.408 e. The first-order valence-corrected chi connectivity index (χ1v) is 4.27. The molecule has 0 aliphatic heterocycles. The predicted octanol–water partition coefficient (Wildman–Crippen LogP) is 0.611. The number of amides is 1. The molecule has 1 atom stereocenters. The summed E-state index contributed by atoms with van der Waals surface area (Å²) in [5.74, 6) is -1.41. The van der Waals surface area contributed by atoms with Gasteiger partial charge < -0.3 is 19.9 Å². The van der Waals surface area contributed by atoms with Crippen LogP contribution in [0.25, 0.3) is 0 Å². The lowest BCUT2D eigenvalue weighted by atomic mass is 10.2. The molecule has 0 bridgehead atoms. The summed E-state index contributed by atoms with van der Waals surface area (Å²) in [7, 11) is -2.72. The Bertz CT molecular complexity index is 310. The Morgan fingerprint density at radius 3 is 2.53 bits per heavy atom. The minimum Gasteiger partial charge on any atom is -0.480 e. The molecule has 15 heavy (non-hydrogen) atoms. The molecule has 0 aromatic heterocycles. The van der Waals surface area contributed by atoms with E-state index in [-0.39, 0.29) is 0 Å². The van der Waals surface area contributed by atoms with Crippen molar-refractivity contribution in [2.24, 2.45) is 0 Å². The summed E-state index contributed by atoms with van der Waals surface area (Å²) in [5.41, 5.74) is -0.780. The van der Waals surface area contributed by atoms with Gasteiger partial charge in [-0.25, -0.2) is 9.59 Å². The van der Waals surface area contributed by atoms with E-state index >= 15 is 0 Å². The molecule has 0 aliphatic carbocycles. The topological polar surface area (TPSA) is 84.9 Å². The van der Waals surface area contributed by atoms with Crippen molar-refractivity contribution in [3.8, 4) is 0 Å². The fourth-order valence-electron chi connectivity index (χ4n) is 0.708. The molecule has 0 saturated heterocycles. The van der Waals surface area contributed by atoms with Gasteiger partial charge in [0.15, 0.2) is 6.04 Å². The molecule has 0 fully saturated rings. The molecular weight excluding hydrogens is 202 g/mol. The Balaban J connectivity index is 4.37. The molecule has 0 aromatic carbocycles. The zero-order valence-corrected chi connectivity index (χ0v) is 8.86. The molecule has 6 heteroatoms.